The number of hydrogen-bond donors (Lipinski definition) is 2. The van der Waals surface area contributed by atoms with Gasteiger partial charge in [0.1, 0.15) is 22.8 Å². The van der Waals surface area contributed by atoms with Crippen LogP contribution in [0.15, 0.2) is 65.1 Å². The summed E-state index contributed by atoms with van der Waals surface area (Å²) in [6.07, 6.45) is 0. The van der Waals surface area contributed by atoms with Gasteiger partial charge in [0, 0.05) is 22.1 Å². The van der Waals surface area contributed by atoms with Crippen molar-refractivity contribution in [3.05, 3.63) is 71.8 Å². The molecule has 0 radical (unpaired) electrons. The molecule has 1 heterocycles. The maximum absolute atomic E-state index is 10.1. The zero-order chi connectivity index (χ0) is 18.3. The van der Waals surface area contributed by atoms with Crippen molar-refractivity contribution in [2.75, 3.05) is 0 Å². The molecule has 4 nitrogen and oxygen atoms in total. The SMILES string of the molecule is Cc1cc(O)cc2c(-c3ccccc3C#N)c(-c3ccc(O)cc3)oc12. The highest BCUT2D eigenvalue weighted by molar-refractivity contribution is 6.04. The fourth-order valence-corrected chi connectivity index (χ4v) is 3.23. The lowest BCUT2D eigenvalue weighted by Gasteiger charge is -2.06. The van der Waals surface area contributed by atoms with Gasteiger partial charge in [-0.15, -0.1) is 0 Å². The lowest BCUT2D eigenvalue weighted by Crippen LogP contribution is -1.86. The molecule has 4 aromatic rings. The van der Waals surface area contributed by atoms with Crippen LogP contribution in [-0.2, 0) is 0 Å². The second kappa shape index (κ2) is 5.98. The van der Waals surface area contributed by atoms with Gasteiger partial charge >= 0.3 is 0 Å². The number of benzene rings is 3. The summed E-state index contributed by atoms with van der Waals surface area (Å²) in [5.74, 6) is 0.901. The van der Waals surface area contributed by atoms with Crippen LogP contribution in [0.1, 0.15) is 11.1 Å². The standard InChI is InChI=1S/C22H15NO3/c1-13-10-17(25)11-19-20(18-5-3-2-4-15(18)12-23)22(26-21(13)19)14-6-8-16(24)9-7-14/h2-11,24-25H,1H3. The molecule has 0 aliphatic heterocycles. The summed E-state index contributed by atoms with van der Waals surface area (Å²) in [5.41, 5.74) is 4.26. The van der Waals surface area contributed by atoms with Crippen molar-refractivity contribution in [3.63, 3.8) is 0 Å². The van der Waals surface area contributed by atoms with Gasteiger partial charge in [-0.2, -0.15) is 5.26 Å². The number of phenols is 2. The van der Waals surface area contributed by atoms with Gasteiger partial charge in [-0.3, -0.25) is 0 Å². The Kier molecular flexibility index (Phi) is 3.63. The summed E-state index contributed by atoms with van der Waals surface area (Å²) in [5, 5.41) is 29.9. The van der Waals surface area contributed by atoms with Gasteiger partial charge in [-0.05, 0) is 55.0 Å². The van der Waals surface area contributed by atoms with Crippen molar-refractivity contribution in [2.24, 2.45) is 0 Å². The predicted molar refractivity (Wildman–Crippen MR) is 99.9 cm³/mol. The first-order valence-electron chi connectivity index (χ1n) is 8.13. The molecular formula is C22H15NO3. The largest absolute Gasteiger partial charge is 0.508 e. The Morgan fingerprint density at radius 3 is 2.38 bits per heavy atom. The van der Waals surface area contributed by atoms with Crippen LogP contribution in [0.3, 0.4) is 0 Å². The summed E-state index contributed by atoms with van der Waals surface area (Å²) in [6.45, 7) is 1.87. The molecule has 0 saturated carbocycles. The molecule has 2 N–H and O–H groups in total. The molecule has 4 rings (SSSR count). The molecule has 1 aromatic heterocycles. The zero-order valence-corrected chi connectivity index (χ0v) is 14.0. The Morgan fingerprint density at radius 1 is 0.923 bits per heavy atom. The number of nitriles is 1. The highest BCUT2D eigenvalue weighted by Gasteiger charge is 2.21. The summed E-state index contributed by atoms with van der Waals surface area (Å²) >= 11 is 0. The van der Waals surface area contributed by atoms with Gasteiger partial charge in [0.2, 0.25) is 0 Å². The fourth-order valence-electron chi connectivity index (χ4n) is 3.23. The van der Waals surface area contributed by atoms with Crippen molar-refractivity contribution in [3.8, 4) is 40.0 Å². The van der Waals surface area contributed by atoms with Crippen molar-refractivity contribution in [1.82, 2.24) is 0 Å². The fraction of sp³-hybridized carbons (Fsp3) is 0.0455. The third kappa shape index (κ3) is 2.47. The first-order valence-corrected chi connectivity index (χ1v) is 8.13. The Bertz CT molecular complexity index is 1160. The number of aromatic hydroxyl groups is 2. The molecule has 0 fully saturated rings. The Labute approximate surface area is 150 Å². The second-order valence-electron chi connectivity index (χ2n) is 6.15. The number of hydrogen-bond acceptors (Lipinski definition) is 4. The van der Waals surface area contributed by atoms with Gasteiger partial charge in [-0.1, -0.05) is 18.2 Å². The van der Waals surface area contributed by atoms with Crippen LogP contribution in [0.5, 0.6) is 11.5 Å². The van der Waals surface area contributed by atoms with Crippen LogP contribution < -0.4 is 0 Å². The third-order valence-electron chi connectivity index (χ3n) is 4.41. The predicted octanol–water partition coefficient (Wildman–Crippen LogP) is 5.36. The smallest absolute Gasteiger partial charge is 0.143 e. The van der Waals surface area contributed by atoms with Gasteiger partial charge in [0.25, 0.3) is 0 Å². The van der Waals surface area contributed by atoms with Gasteiger partial charge in [0.15, 0.2) is 0 Å². The molecule has 0 bridgehead atoms. The van der Waals surface area contributed by atoms with E-state index in [0.717, 1.165) is 27.6 Å². The van der Waals surface area contributed by atoms with Crippen LogP contribution in [-0.4, -0.2) is 10.2 Å². The number of rotatable bonds is 2. The van der Waals surface area contributed by atoms with E-state index in [1.54, 1.807) is 42.5 Å². The Morgan fingerprint density at radius 2 is 1.65 bits per heavy atom. The minimum atomic E-state index is 0.142. The quantitative estimate of drug-likeness (QED) is 0.514. The van der Waals surface area contributed by atoms with Crippen molar-refractivity contribution in [2.45, 2.75) is 6.92 Å². The minimum Gasteiger partial charge on any atom is -0.508 e. The third-order valence-corrected chi connectivity index (χ3v) is 4.41. The van der Waals surface area contributed by atoms with Crippen LogP contribution in [0.4, 0.5) is 0 Å². The minimum absolute atomic E-state index is 0.142. The number of nitrogens with zero attached hydrogens (tertiary/aromatic N) is 1. The van der Waals surface area contributed by atoms with E-state index in [4.69, 9.17) is 4.42 Å². The highest BCUT2D eigenvalue weighted by Crippen LogP contribution is 2.44. The van der Waals surface area contributed by atoms with E-state index in [2.05, 4.69) is 6.07 Å². The second-order valence-corrected chi connectivity index (χ2v) is 6.15. The van der Waals surface area contributed by atoms with E-state index < -0.39 is 0 Å². The van der Waals surface area contributed by atoms with Gasteiger partial charge < -0.3 is 14.6 Å². The number of fused-ring (bicyclic) bond motifs is 1. The highest BCUT2D eigenvalue weighted by atomic mass is 16.3. The molecule has 4 heteroatoms. The van der Waals surface area contributed by atoms with Crippen molar-refractivity contribution >= 4 is 11.0 Å². The lowest BCUT2D eigenvalue weighted by atomic mass is 9.94. The molecular weight excluding hydrogens is 326 g/mol. The number of furan rings is 1. The molecule has 0 saturated heterocycles. The summed E-state index contributed by atoms with van der Waals surface area (Å²) < 4.78 is 6.16. The normalized spacial score (nSPS) is 10.8. The molecule has 0 amide bonds. The maximum atomic E-state index is 10.1. The van der Waals surface area contributed by atoms with Crippen LogP contribution in [0, 0.1) is 18.3 Å². The van der Waals surface area contributed by atoms with E-state index in [1.165, 1.54) is 0 Å². The molecule has 0 aliphatic rings. The van der Waals surface area contributed by atoms with E-state index in [9.17, 15) is 15.5 Å². The summed E-state index contributed by atoms with van der Waals surface area (Å²) in [6, 6.07) is 19.5. The van der Waals surface area contributed by atoms with Crippen LogP contribution >= 0.6 is 0 Å². The maximum Gasteiger partial charge on any atom is 0.143 e. The zero-order valence-electron chi connectivity index (χ0n) is 14.0. The van der Waals surface area contributed by atoms with Crippen molar-refractivity contribution < 1.29 is 14.6 Å². The van der Waals surface area contributed by atoms with Crippen LogP contribution in [0.2, 0.25) is 0 Å². The van der Waals surface area contributed by atoms with Gasteiger partial charge in [0.05, 0.1) is 11.6 Å². The van der Waals surface area contributed by atoms with Crippen molar-refractivity contribution in [1.29, 1.82) is 5.26 Å². The molecule has 3 aromatic carbocycles. The molecule has 26 heavy (non-hydrogen) atoms. The summed E-state index contributed by atoms with van der Waals surface area (Å²) in [7, 11) is 0. The number of aryl methyl sites for hydroxylation is 1. The first kappa shape index (κ1) is 15.8. The van der Waals surface area contributed by atoms with E-state index in [1.807, 2.05) is 25.1 Å². The molecule has 0 aliphatic carbocycles. The Hall–Kier alpha value is -3.71. The average Bonchev–Trinajstić information content (AvgIpc) is 3.01. The Balaban J connectivity index is 2.13. The average molecular weight is 341 g/mol. The van der Waals surface area contributed by atoms with E-state index in [0.29, 0.717) is 16.9 Å². The summed E-state index contributed by atoms with van der Waals surface area (Å²) in [4.78, 5) is 0. The topological polar surface area (TPSA) is 77.4 Å². The molecule has 126 valence electrons. The molecule has 0 atom stereocenters. The van der Waals surface area contributed by atoms with Gasteiger partial charge in [-0.25, -0.2) is 0 Å². The van der Waals surface area contributed by atoms with Crippen LogP contribution in [0.25, 0.3) is 33.4 Å². The monoisotopic (exact) mass is 341 g/mol. The van der Waals surface area contributed by atoms with E-state index in [-0.39, 0.29) is 11.5 Å². The first-order chi connectivity index (χ1) is 12.6. The molecule has 0 unspecified atom stereocenters. The van der Waals surface area contributed by atoms with E-state index >= 15 is 0 Å². The number of phenolic OH excluding ortho intramolecular Hbond substituents is 2. The lowest BCUT2D eigenvalue weighted by molar-refractivity contribution is 0.474. The molecule has 0 spiro atoms.